The van der Waals surface area contributed by atoms with Crippen LogP contribution in [0.1, 0.15) is 24.1 Å². The summed E-state index contributed by atoms with van der Waals surface area (Å²) in [6, 6.07) is 21.0. The van der Waals surface area contributed by atoms with Gasteiger partial charge in [-0.25, -0.2) is 4.39 Å². The summed E-state index contributed by atoms with van der Waals surface area (Å²) in [4.78, 5) is 40.6. The summed E-state index contributed by atoms with van der Waals surface area (Å²) in [5, 5.41) is 3.32. The van der Waals surface area contributed by atoms with Crippen molar-refractivity contribution < 1.29 is 45.5 Å². The highest BCUT2D eigenvalue weighted by Crippen LogP contribution is 2.40. The number of fused-ring (bicyclic) bond motifs is 3. The minimum absolute atomic E-state index is 0.0168. The van der Waals surface area contributed by atoms with Crippen LogP contribution >= 0.6 is 0 Å². The number of nitrogens with one attached hydrogen (secondary N) is 2. The molecule has 3 amide bonds. The van der Waals surface area contributed by atoms with Crippen molar-refractivity contribution in [2.24, 2.45) is 0 Å². The van der Waals surface area contributed by atoms with Gasteiger partial charge in [0.25, 0.3) is 23.4 Å². The quantitative estimate of drug-likeness (QED) is 0.191. The van der Waals surface area contributed by atoms with E-state index in [2.05, 4.69) is 5.32 Å². The first-order chi connectivity index (χ1) is 20.2. The fourth-order valence-corrected chi connectivity index (χ4v) is 4.46. The van der Waals surface area contributed by atoms with E-state index < -0.39 is 48.1 Å². The third-order valence-electron chi connectivity index (χ3n) is 6.85. The predicted octanol–water partition coefficient (Wildman–Crippen LogP) is 5.12. The van der Waals surface area contributed by atoms with Crippen LogP contribution in [-0.2, 0) is 25.7 Å². The molecule has 4 rings (SSSR count). The van der Waals surface area contributed by atoms with Crippen molar-refractivity contribution in [2.45, 2.75) is 37.3 Å². The van der Waals surface area contributed by atoms with Crippen LogP contribution in [0.15, 0.2) is 78.9 Å². The van der Waals surface area contributed by atoms with E-state index >= 15 is 4.39 Å². The molecule has 0 radical (unpaired) electrons. The van der Waals surface area contributed by atoms with E-state index in [1.54, 1.807) is 42.5 Å². The van der Waals surface area contributed by atoms with Gasteiger partial charge >= 0.3 is 12.1 Å². The second kappa shape index (κ2) is 12.5. The summed E-state index contributed by atoms with van der Waals surface area (Å²) in [5.74, 6) is -9.81. The largest absolute Gasteiger partial charge is 0.455 e. The monoisotopic (exact) mass is 607 g/mol. The van der Waals surface area contributed by atoms with Gasteiger partial charge in [0, 0.05) is 12.1 Å². The Bertz CT molecular complexity index is 1480. The highest BCUT2D eigenvalue weighted by Gasteiger charge is 2.58. The van der Waals surface area contributed by atoms with Gasteiger partial charge in [0.05, 0.1) is 25.4 Å². The fourth-order valence-electron chi connectivity index (χ4n) is 4.46. The molecule has 0 aliphatic carbocycles. The maximum atomic E-state index is 15.4. The minimum Gasteiger partial charge on any atom is -0.375 e. The second-order valence-corrected chi connectivity index (χ2v) is 9.93. The molecule has 3 aromatic carbocycles. The van der Waals surface area contributed by atoms with E-state index in [1.807, 2.05) is 30.3 Å². The zero-order chi connectivity index (χ0) is 31.4. The van der Waals surface area contributed by atoms with Crippen LogP contribution in [0.3, 0.4) is 0 Å². The maximum absolute atomic E-state index is 15.4. The molecule has 13 heteroatoms. The number of anilines is 1. The third-order valence-corrected chi connectivity index (χ3v) is 6.85. The molecule has 0 saturated heterocycles. The maximum Gasteiger partial charge on any atom is 0.455 e. The number of hydrogen-bond donors (Lipinski definition) is 2. The van der Waals surface area contributed by atoms with E-state index in [4.69, 9.17) is 4.74 Å². The molecule has 0 spiro atoms. The molecule has 3 aromatic rings. The number of ether oxygens (including phenoxy) is 1. The molecular weight excluding hydrogens is 580 g/mol. The topological polar surface area (TPSA) is 87.7 Å². The standard InChI is InChI=1S/C30H27F6N3O4/c1-28(31,26(41)37-18-29(32,33)30(34,35)36)27(42)38-24-22-13-6-5-11-20(22)21-12-7-8-14-23(21)39(25(24)40)15-16-43-17-19-9-3-2-4-10-19/h2-14,24H,15-18H2,1H3,(H,37,41)(H,38,42)/t24-,28-/m0/s1. The van der Waals surface area contributed by atoms with Gasteiger partial charge in [-0.3, -0.25) is 14.4 Å². The molecule has 0 aromatic heterocycles. The molecule has 1 aliphatic heterocycles. The van der Waals surface area contributed by atoms with Crippen molar-refractivity contribution in [3.63, 3.8) is 0 Å². The van der Waals surface area contributed by atoms with Crippen LogP contribution in [0.5, 0.6) is 0 Å². The first kappa shape index (κ1) is 31.5. The van der Waals surface area contributed by atoms with Crippen LogP contribution in [0.25, 0.3) is 11.1 Å². The number of alkyl halides is 6. The number of halogens is 6. The average Bonchev–Trinajstić information content (AvgIpc) is 3.07. The van der Waals surface area contributed by atoms with Crippen LogP contribution in [0, 0.1) is 0 Å². The Kier molecular flexibility index (Phi) is 9.14. The van der Waals surface area contributed by atoms with Crippen molar-refractivity contribution in [3.05, 3.63) is 90.0 Å². The highest BCUT2D eigenvalue weighted by molar-refractivity contribution is 6.11. The predicted molar refractivity (Wildman–Crippen MR) is 145 cm³/mol. The van der Waals surface area contributed by atoms with E-state index in [-0.39, 0.29) is 25.3 Å². The summed E-state index contributed by atoms with van der Waals surface area (Å²) in [6.45, 7) is -1.53. The van der Waals surface area contributed by atoms with Crippen LogP contribution in [0.4, 0.5) is 32.0 Å². The Morgan fingerprint density at radius 2 is 1.44 bits per heavy atom. The summed E-state index contributed by atoms with van der Waals surface area (Å²) >= 11 is 0. The van der Waals surface area contributed by atoms with Crippen LogP contribution < -0.4 is 15.5 Å². The number of amides is 3. The number of nitrogens with zero attached hydrogens (tertiary/aromatic N) is 1. The fraction of sp³-hybridized carbons (Fsp3) is 0.300. The lowest BCUT2D eigenvalue weighted by molar-refractivity contribution is -0.278. The molecule has 1 heterocycles. The van der Waals surface area contributed by atoms with Crippen molar-refractivity contribution in [3.8, 4) is 11.1 Å². The van der Waals surface area contributed by atoms with E-state index in [1.165, 1.54) is 11.0 Å². The van der Waals surface area contributed by atoms with Crippen molar-refractivity contribution in [2.75, 3.05) is 24.6 Å². The normalized spacial score (nSPS) is 16.4. The Hall–Kier alpha value is -4.39. The van der Waals surface area contributed by atoms with Gasteiger partial charge in [0.2, 0.25) is 0 Å². The SMILES string of the molecule is C[C@](F)(C(=O)NCC(F)(F)C(F)(F)F)C(=O)N[C@@H]1C(=O)N(CCOCc2ccccc2)c2ccccc2-c2ccccc21. The number of hydrogen-bond acceptors (Lipinski definition) is 4. The third kappa shape index (κ3) is 6.82. The van der Waals surface area contributed by atoms with Gasteiger partial charge in [-0.2, -0.15) is 22.0 Å². The summed E-state index contributed by atoms with van der Waals surface area (Å²) < 4.78 is 85.2. The first-order valence-corrected chi connectivity index (χ1v) is 13.1. The Morgan fingerprint density at radius 3 is 2.12 bits per heavy atom. The highest BCUT2D eigenvalue weighted by atomic mass is 19.4. The molecule has 0 unspecified atom stereocenters. The summed E-state index contributed by atoms with van der Waals surface area (Å²) in [6.07, 6.45) is -6.00. The van der Waals surface area contributed by atoms with Gasteiger partial charge in [-0.15, -0.1) is 0 Å². The zero-order valence-corrected chi connectivity index (χ0v) is 22.8. The lowest BCUT2D eigenvalue weighted by atomic mass is 9.94. The van der Waals surface area contributed by atoms with E-state index in [9.17, 15) is 36.3 Å². The molecule has 43 heavy (non-hydrogen) atoms. The Morgan fingerprint density at radius 1 is 0.837 bits per heavy atom. The smallest absolute Gasteiger partial charge is 0.375 e. The number of para-hydroxylation sites is 1. The van der Waals surface area contributed by atoms with Crippen molar-refractivity contribution in [1.82, 2.24) is 10.6 Å². The van der Waals surface area contributed by atoms with Crippen molar-refractivity contribution >= 4 is 23.4 Å². The molecular formula is C30H27F6N3O4. The van der Waals surface area contributed by atoms with E-state index in [0.29, 0.717) is 23.7 Å². The molecule has 2 N–H and O–H groups in total. The van der Waals surface area contributed by atoms with Crippen LogP contribution in [-0.4, -0.2) is 55.2 Å². The molecule has 0 fully saturated rings. The average molecular weight is 608 g/mol. The van der Waals surface area contributed by atoms with Gasteiger partial charge in [-0.05, 0) is 29.7 Å². The Labute approximate surface area is 242 Å². The molecule has 7 nitrogen and oxygen atoms in total. The van der Waals surface area contributed by atoms with E-state index in [0.717, 1.165) is 10.9 Å². The lowest BCUT2D eigenvalue weighted by Gasteiger charge is -2.28. The molecule has 0 saturated carbocycles. The van der Waals surface area contributed by atoms with Gasteiger partial charge < -0.3 is 20.3 Å². The number of rotatable bonds is 10. The lowest BCUT2D eigenvalue weighted by Crippen LogP contribution is -2.57. The number of carbonyl (C=O) groups excluding carboxylic acids is 3. The molecule has 0 bridgehead atoms. The summed E-state index contributed by atoms with van der Waals surface area (Å²) in [5.41, 5.74) is -0.868. The Balaban J connectivity index is 1.58. The number of benzene rings is 3. The molecule has 1 aliphatic rings. The molecule has 228 valence electrons. The van der Waals surface area contributed by atoms with Gasteiger partial charge in [-0.1, -0.05) is 72.8 Å². The first-order valence-electron chi connectivity index (χ1n) is 13.1. The summed E-state index contributed by atoms with van der Waals surface area (Å²) in [7, 11) is 0. The van der Waals surface area contributed by atoms with Crippen LogP contribution in [0.2, 0.25) is 0 Å². The zero-order valence-electron chi connectivity index (χ0n) is 22.8. The van der Waals surface area contributed by atoms with Crippen molar-refractivity contribution in [1.29, 1.82) is 0 Å². The van der Waals surface area contributed by atoms with Gasteiger partial charge in [0.1, 0.15) is 6.04 Å². The number of carbonyl (C=O) groups is 3. The second-order valence-electron chi connectivity index (χ2n) is 9.93. The van der Waals surface area contributed by atoms with Gasteiger partial charge in [0.15, 0.2) is 0 Å². The molecule has 2 atom stereocenters. The minimum atomic E-state index is -6.00.